The van der Waals surface area contributed by atoms with Gasteiger partial charge in [-0.05, 0) is 29.8 Å². The molecule has 0 radical (unpaired) electrons. The second-order valence-electron chi connectivity index (χ2n) is 4.72. The predicted octanol–water partition coefficient (Wildman–Crippen LogP) is 3.90. The van der Waals surface area contributed by atoms with Crippen molar-refractivity contribution in [3.05, 3.63) is 58.6 Å². The fourth-order valence-electron chi connectivity index (χ4n) is 2.00. The zero-order chi connectivity index (χ0) is 17.5. The number of benzene rings is 2. The van der Waals surface area contributed by atoms with Gasteiger partial charge < -0.3 is 14.8 Å². The largest absolute Gasteiger partial charge is 0.493 e. The van der Waals surface area contributed by atoms with E-state index in [2.05, 4.69) is 5.32 Å². The number of para-hydroxylation sites is 1. The maximum Gasteiger partial charge on any atom is 0.266 e. The van der Waals surface area contributed by atoms with E-state index in [0.717, 1.165) is 0 Å². The molecule has 2 rings (SSSR count). The number of methoxy groups -OCH3 is 2. The first kappa shape index (κ1) is 17.4. The Bertz CT molecular complexity index is 811. The van der Waals surface area contributed by atoms with Crippen LogP contribution in [-0.4, -0.2) is 20.1 Å². The van der Waals surface area contributed by atoms with Crippen molar-refractivity contribution in [3.63, 3.8) is 0 Å². The summed E-state index contributed by atoms with van der Waals surface area (Å²) in [6.07, 6.45) is 1.41. The van der Waals surface area contributed by atoms with Gasteiger partial charge in [-0.1, -0.05) is 29.8 Å². The normalized spacial score (nSPS) is 10.7. The molecule has 0 aromatic heterocycles. The summed E-state index contributed by atoms with van der Waals surface area (Å²) in [7, 11) is 2.99. The molecule has 0 aliphatic rings. The second-order valence-corrected chi connectivity index (χ2v) is 5.13. The lowest BCUT2D eigenvalue weighted by Gasteiger charge is -2.10. The highest BCUT2D eigenvalue weighted by Gasteiger charge is 2.13. The van der Waals surface area contributed by atoms with Gasteiger partial charge in [0, 0.05) is 11.8 Å². The van der Waals surface area contributed by atoms with Gasteiger partial charge in [-0.15, -0.1) is 0 Å². The SMILES string of the molecule is COc1cc(Cl)c(/C=C(\C#N)C(=O)Nc2ccccc2)cc1OC. The lowest BCUT2D eigenvalue weighted by Crippen LogP contribution is -2.13. The molecule has 0 spiro atoms. The second kappa shape index (κ2) is 8.04. The molecule has 2 aromatic rings. The van der Waals surface area contributed by atoms with E-state index < -0.39 is 5.91 Å². The number of halogens is 1. The van der Waals surface area contributed by atoms with Crippen LogP contribution in [-0.2, 0) is 4.79 Å². The summed E-state index contributed by atoms with van der Waals surface area (Å²) >= 11 is 6.18. The quantitative estimate of drug-likeness (QED) is 0.660. The average molecular weight is 343 g/mol. The Balaban J connectivity index is 2.33. The first-order valence-corrected chi connectivity index (χ1v) is 7.36. The van der Waals surface area contributed by atoms with Crippen molar-refractivity contribution in [2.45, 2.75) is 0 Å². The van der Waals surface area contributed by atoms with E-state index in [0.29, 0.717) is 27.8 Å². The van der Waals surface area contributed by atoms with Crippen molar-refractivity contribution in [1.29, 1.82) is 5.26 Å². The minimum atomic E-state index is -0.519. The third-order valence-electron chi connectivity index (χ3n) is 3.20. The molecule has 2 aromatic carbocycles. The molecule has 0 atom stereocenters. The lowest BCUT2D eigenvalue weighted by atomic mass is 10.1. The molecule has 0 bridgehead atoms. The molecule has 24 heavy (non-hydrogen) atoms. The summed E-state index contributed by atoms with van der Waals surface area (Å²) < 4.78 is 10.4. The number of rotatable bonds is 5. The van der Waals surface area contributed by atoms with E-state index in [1.165, 1.54) is 20.3 Å². The maximum absolute atomic E-state index is 12.2. The summed E-state index contributed by atoms with van der Waals surface area (Å²) in [5, 5.41) is 12.3. The van der Waals surface area contributed by atoms with Crippen molar-refractivity contribution in [2.24, 2.45) is 0 Å². The number of amides is 1. The van der Waals surface area contributed by atoms with E-state index in [4.69, 9.17) is 21.1 Å². The third-order valence-corrected chi connectivity index (χ3v) is 3.53. The monoisotopic (exact) mass is 342 g/mol. The number of carbonyl (C=O) groups excluding carboxylic acids is 1. The number of nitrogens with zero attached hydrogens (tertiary/aromatic N) is 1. The molecule has 6 heteroatoms. The molecule has 0 heterocycles. The molecule has 0 saturated heterocycles. The highest BCUT2D eigenvalue weighted by atomic mass is 35.5. The molecular formula is C18H15ClN2O3. The first-order chi connectivity index (χ1) is 11.6. The van der Waals surface area contributed by atoms with Crippen LogP contribution in [0.1, 0.15) is 5.56 Å². The summed E-state index contributed by atoms with van der Waals surface area (Å²) in [5.74, 6) is 0.398. The van der Waals surface area contributed by atoms with Crippen LogP contribution in [0.2, 0.25) is 5.02 Å². The van der Waals surface area contributed by atoms with Gasteiger partial charge in [-0.3, -0.25) is 4.79 Å². The standard InChI is InChI=1S/C18H15ClN2O3/c1-23-16-9-12(15(19)10-17(16)24-2)8-13(11-20)18(22)21-14-6-4-3-5-7-14/h3-10H,1-2H3,(H,21,22)/b13-8+. The molecule has 0 fully saturated rings. The molecule has 5 nitrogen and oxygen atoms in total. The first-order valence-electron chi connectivity index (χ1n) is 6.98. The van der Waals surface area contributed by atoms with E-state index >= 15 is 0 Å². The summed E-state index contributed by atoms with van der Waals surface area (Å²) in [6, 6.07) is 13.9. The van der Waals surface area contributed by atoms with E-state index in [1.54, 1.807) is 36.4 Å². The Kier molecular flexibility index (Phi) is 5.83. The zero-order valence-corrected chi connectivity index (χ0v) is 13.9. The Morgan fingerprint density at radius 3 is 2.38 bits per heavy atom. The number of hydrogen-bond acceptors (Lipinski definition) is 4. The Hall–Kier alpha value is -2.97. The predicted molar refractivity (Wildman–Crippen MR) is 93.2 cm³/mol. The van der Waals surface area contributed by atoms with Gasteiger partial charge in [0.25, 0.3) is 5.91 Å². The zero-order valence-electron chi connectivity index (χ0n) is 13.2. The third kappa shape index (κ3) is 4.06. The summed E-state index contributed by atoms with van der Waals surface area (Å²) in [4.78, 5) is 12.2. The highest BCUT2D eigenvalue weighted by molar-refractivity contribution is 6.32. The van der Waals surface area contributed by atoms with Crippen molar-refractivity contribution < 1.29 is 14.3 Å². The van der Waals surface area contributed by atoms with Crippen molar-refractivity contribution in [3.8, 4) is 17.6 Å². The van der Waals surface area contributed by atoms with Crippen molar-refractivity contribution >= 4 is 29.3 Å². The van der Waals surface area contributed by atoms with Gasteiger partial charge in [-0.2, -0.15) is 5.26 Å². The summed E-state index contributed by atoms with van der Waals surface area (Å²) in [6.45, 7) is 0. The number of carbonyl (C=O) groups is 1. The lowest BCUT2D eigenvalue weighted by molar-refractivity contribution is -0.112. The average Bonchev–Trinajstić information content (AvgIpc) is 2.61. The number of nitrogens with one attached hydrogen (secondary N) is 1. The van der Waals surface area contributed by atoms with Crippen LogP contribution in [0.25, 0.3) is 6.08 Å². The van der Waals surface area contributed by atoms with Crippen molar-refractivity contribution in [2.75, 3.05) is 19.5 Å². The van der Waals surface area contributed by atoms with Crippen LogP contribution >= 0.6 is 11.6 Å². The molecule has 0 aliphatic carbocycles. The number of hydrogen-bond donors (Lipinski definition) is 1. The van der Waals surface area contributed by atoms with Crippen LogP contribution in [0, 0.1) is 11.3 Å². The van der Waals surface area contributed by atoms with Gasteiger partial charge in [-0.25, -0.2) is 0 Å². The van der Waals surface area contributed by atoms with Crippen LogP contribution in [0.3, 0.4) is 0 Å². The highest BCUT2D eigenvalue weighted by Crippen LogP contribution is 2.34. The van der Waals surface area contributed by atoms with Crippen LogP contribution in [0.15, 0.2) is 48.0 Å². The number of anilines is 1. The minimum Gasteiger partial charge on any atom is -0.493 e. The topological polar surface area (TPSA) is 71.3 Å². The van der Waals surface area contributed by atoms with Gasteiger partial charge >= 0.3 is 0 Å². The Morgan fingerprint density at radius 1 is 1.17 bits per heavy atom. The molecule has 0 saturated carbocycles. The summed E-state index contributed by atoms with van der Waals surface area (Å²) in [5.41, 5.74) is 1.00. The van der Waals surface area contributed by atoms with E-state index in [-0.39, 0.29) is 5.57 Å². The molecule has 1 N–H and O–H groups in total. The molecule has 1 amide bonds. The van der Waals surface area contributed by atoms with Gasteiger partial charge in [0.05, 0.1) is 19.2 Å². The molecule has 122 valence electrons. The maximum atomic E-state index is 12.2. The fourth-order valence-corrected chi connectivity index (χ4v) is 2.21. The number of nitriles is 1. The van der Waals surface area contributed by atoms with Crippen LogP contribution in [0.4, 0.5) is 5.69 Å². The van der Waals surface area contributed by atoms with Gasteiger partial charge in [0.1, 0.15) is 11.6 Å². The van der Waals surface area contributed by atoms with Crippen molar-refractivity contribution in [1.82, 2.24) is 0 Å². The Labute approximate surface area is 145 Å². The molecular weight excluding hydrogens is 328 g/mol. The van der Waals surface area contributed by atoms with Gasteiger partial charge in [0.2, 0.25) is 0 Å². The van der Waals surface area contributed by atoms with E-state index in [1.807, 2.05) is 12.1 Å². The molecule has 0 unspecified atom stereocenters. The van der Waals surface area contributed by atoms with Crippen LogP contribution in [0.5, 0.6) is 11.5 Å². The van der Waals surface area contributed by atoms with Gasteiger partial charge in [0.15, 0.2) is 11.5 Å². The Morgan fingerprint density at radius 2 is 1.79 bits per heavy atom. The minimum absolute atomic E-state index is 0.0760. The van der Waals surface area contributed by atoms with E-state index in [9.17, 15) is 10.1 Å². The molecule has 0 aliphatic heterocycles. The smallest absolute Gasteiger partial charge is 0.266 e. The number of ether oxygens (including phenoxy) is 2. The fraction of sp³-hybridized carbons (Fsp3) is 0.111. The van der Waals surface area contributed by atoms with Crippen LogP contribution < -0.4 is 14.8 Å².